The standard InChI is InChI=1S/C11H12BrF3O2/c1-6(16)3-7-4-8(11(13,14)15)5-9(12)10(7)17-2/h4-6,16H,3H2,1-2H3. The summed E-state index contributed by atoms with van der Waals surface area (Å²) in [5.41, 5.74) is -0.440. The molecule has 1 rings (SSSR count). The lowest BCUT2D eigenvalue weighted by molar-refractivity contribution is -0.137. The highest BCUT2D eigenvalue weighted by molar-refractivity contribution is 9.10. The Labute approximate surface area is 106 Å². The number of rotatable bonds is 3. The molecule has 0 fully saturated rings. The molecule has 17 heavy (non-hydrogen) atoms. The van der Waals surface area contributed by atoms with Crippen molar-refractivity contribution in [3.8, 4) is 5.75 Å². The zero-order valence-corrected chi connectivity index (χ0v) is 10.9. The summed E-state index contributed by atoms with van der Waals surface area (Å²) in [4.78, 5) is 0. The second-order valence-electron chi connectivity index (χ2n) is 3.70. The molecule has 0 amide bonds. The van der Waals surface area contributed by atoms with Gasteiger partial charge >= 0.3 is 6.18 Å². The first-order valence-corrected chi connectivity index (χ1v) is 5.66. The van der Waals surface area contributed by atoms with Crippen molar-refractivity contribution in [3.63, 3.8) is 0 Å². The molecule has 2 nitrogen and oxygen atoms in total. The predicted molar refractivity (Wildman–Crippen MR) is 61.1 cm³/mol. The molecule has 0 radical (unpaired) electrons. The Bertz CT molecular complexity index is 402. The quantitative estimate of drug-likeness (QED) is 0.927. The van der Waals surface area contributed by atoms with Gasteiger partial charge < -0.3 is 9.84 Å². The fraction of sp³-hybridized carbons (Fsp3) is 0.455. The van der Waals surface area contributed by atoms with E-state index in [0.29, 0.717) is 11.3 Å². The average Bonchev–Trinajstić information content (AvgIpc) is 2.14. The van der Waals surface area contributed by atoms with E-state index in [0.717, 1.165) is 12.1 Å². The minimum atomic E-state index is -4.41. The highest BCUT2D eigenvalue weighted by Crippen LogP contribution is 2.38. The summed E-state index contributed by atoms with van der Waals surface area (Å²) in [6.07, 6.45) is -5.05. The van der Waals surface area contributed by atoms with Crippen LogP contribution < -0.4 is 4.74 Å². The number of benzene rings is 1. The summed E-state index contributed by atoms with van der Waals surface area (Å²) < 4.78 is 43.0. The van der Waals surface area contributed by atoms with Crippen LogP contribution in [0.15, 0.2) is 16.6 Å². The maximum Gasteiger partial charge on any atom is 0.416 e. The van der Waals surface area contributed by atoms with E-state index >= 15 is 0 Å². The third-order valence-electron chi connectivity index (χ3n) is 2.17. The van der Waals surface area contributed by atoms with Gasteiger partial charge in [0.25, 0.3) is 0 Å². The fourth-order valence-electron chi connectivity index (χ4n) is 1.51. The van der Waals surface area contributed by atoms with E-state index in [2.05, 4.69) is 15.9 Å². The van der Waals surface area contributed by atoms with Gasteiger partial charge in [0.05, 0.1) is 23.2 Å². The molecule has 0 aliphatic heterocycles. The van der Waals surface area contributed by atoms with Crippen LogP contribution in [0.5, 0.6) is 5.75 Å². The molecule has 1 unspecified atom stereocenters. The van der Waals surface area contributed by atoms with Crippen LogP contribution in [0.25, 0.3) is 0 Å². The maximum absolute atomic E-state index is 12.6. The van der Waals surface area contributed by atoms with Crippen LogP contribution in [0, 0.1) is 0 Å². The van der Waals surface area contributed by atoms with Crippen LogP contribution in [0.1, 0.15) is 18.1 Å². The number of aliphatic hydroxyl groups is 1. The van der Waals surface area contributed by atoms with Gasteiger partial charge in [-0.15, -0.1) is 0 Å². The molecule has 1 atom stereocenters. The molecular formula is C11H12BrF3O2. The second kappa shape index (κ2) is 5.27. The first-order valence-electron chi connectivity index (χ1n) is 4.87. The number of alkyl halides is 3. The van der Waals surface area contributed by atoms with Crippen molar-refractivity contribution in [2.75, 3.05) is 7.11 Å². The third-order valence-corrected chi connectivity index (χ3v) is 2.76. The van der Waals surface area contributed by atoms with Crippen molar-refractivity contribution < 1.29 is 23.0 Å². The Balaban J connectivity index is 3.28. The highest BCUT2D eigenvalue weighted by atomic mass is 79.9. The Kier molecular flexibility index (Phi) is 4.43. The van der Waals surface area contributed by atoms with E-state index in [9.17, 15) is 18.3 Å². The van der Waals surface area contributed by atoms with E-state index in [1.165, 1.54) is 14.0 Å². The van der Waals surface area contributed by atoms with Gasteiger partial charge in [0, 0.05) is 6.42 Å². The van der Waals surface area contributed by atoms with E-state index in [-0.39, 0.29) is 10.9 Å². The highest BCUT2D eigenvalue weighted by Gasteiger charge is 2.32. The van der Waals surface area contributed by atoms with Gasteiger partial charge in [-0.25, -0.2) is 0 Å². The number of methoxy groups -OCH3 is 1. The maximum atomic E-state index is 12.6. The summed E-state index contributed by atoms with van der Waals surface area (Å²) in [6, 6.07) is 1.96. The van der Waals surface area contributed by atoms with Crippen molar-refractivity contribution >= 4 is 15.9 Å². The summed E-state index contributed by atoms with van der Waals surface area (Å²) in [6.45, 7) is 1.51. The van der Waals surface area contributed by atoms with Crippen LogP contribution in [-0.2, 0) is 12.6 Å². The van der Waals surface area contributed by atoms with Gasteiger partial charge in [-0.1, -0.05) is 0 Å². The van der Waals surface area contributed by atoms with Crippen LogP contribution in [0.3, 0.4) is 0 Å². The molecule has 0 spiro atoms. The SMILES string of the molecule is COc1c(Br)cc(C(F)(F)F)cc1CC(C)O. The summed E-state index contributed by atoms with van der Waals surface area (Å²) in [7, 11) is 1.37. The van der Waals surface area contributed by atoms with Crippen molar-refractivity contribution in [1.82, 2.24) is 0 Å². The van der Waals surface area contributed by atoms with E-state index in [4.69, 9.17) is 4.74 Å². The Morgan fingerprint density at radius 2 is 2.00 bits per heavy atom. The van der Waals surface area contributed by atoms with Crippen LogP contribution in [-0.4, -0.2) is 18.3 Å². The minimum absolute atomic E-state index is 0.103. The number of hydrogen-bond acceptors (Lipinski definition) is 2. The second-order valence-corrected chi connectivity index (χ2v) is 4.56. The van der Waals surface area contributed by atoms with Gasteiger partial charge in [0.1, 0.15) is 5.75 Å². The fourth-order valence-corrected chi connectivity index (χ4v) is 2.18. The first kappa shape index (κ1) is 14.3. The lowest BCUT2D eigenvalue weighted by Gasteiger charge is -2.15. The molecule has 0 aromatic heterocycles. The molecule has 0 aliphatic rings. The zero-order valence-electron chi connectivity index (χ0n) is 9.31. The van der Waals surface area contributed by atoms with Crippen LogP contribution >= 0.6 is 15.9 Å². The van der Waals surface area contributed by atoms with Gasteiger partial charge in [-0.3, -0.25) is 0 Å². The monoisotopic (exact) mass is 312 g/mol. The van der Waals surface area contributed by atoms with E-state index < -0.39 is 17.8 Å². The number of hydrogen-bond donors (Lipinski definition) is 1. The molecule has 96 valence electrons. The summed E-state index contributed by atoms with van der Waals surface area (Å²) >= 11 is 3.03. The number of aliphatic hydroxyl groups excluding tert-OH is 1. The predicted octanol–water partition coefficient (Wildman–Crippen LogP) is 3.40. The smallest absolute Gasteiger partial charge is 0.416 e. The van der Waals surface area contributed by atoms with Crippen molar-refractivity contribution in [1.29, 1.82) is 0 Å². The van der Waals surface area contributed by atoms with Crippen molar-refractivity contribution in [2.45, 2.75) is 25.6 Å². The van der Waals surface area contributed by atoms with Crippen LogP contribution in [0.2, 0.25) is 0 Å². The van der Waals surface area contributed by atoms with Crippen molar-refractivity contribution in [2.24, 2.45) is 0 Å². The lowest BCUT2D eigenvalue weighted by atomic mass is 10.0. The average molecular weight is 313 g/mol. The van der Waals surface area contributed by atoms with E-state index in [1.54, 1.807) is 0 Å². The molecule has 6 heteroatoms. The molecule has 0 heterocycles. The lowest BCUT2D eigenvalue weighted by Crippen LogP contribution is -2.10. The van der Waals surface area contributed by atoms with Gasteiger partial charge in [0.2, 0.25) is 0 Å². The zero-order chi connectivity index (χ0) is 13.2. The molecule has 1 N–H and O–H groups in total. The summed E-state index contributed by atoms with van der Waals surface area (Å²) in [5.74, 6) is 0.318. The normalized spacial score (nSPS) is 13.6. The number of halogens is 4. The Morgan fingerprint density at radius 3 is 2.41 bits per heavy atom. The molecule has 0 saturated heterocycles. The molecule has 0 saturated carbocycles. The molecule has 0 bridgehead atoms. The molecule has 1 aromatic carbocycles. The molecular weight excluding hydrogens is 301 g/mol. The Morgan fingerprint density at radius 1 is 1.41 bits per heavy atom. The van der Waals surface area contributed by atoms with Gasteiger partial charge in [0.15, 0.2) is 0 Å². The van der Waals surface area contributed by atoms with Gasteiger partial charge in [-0.2, -0.15) is 13.2 Å². The van der Waals surface area contributed by atoms with Gasteiger partial charge in [-0.05, 0) is 40.5 Å². The van der Waals surface area contributed by atoms with Crippen molar-refractivity contribution in [3.05, 3.63) is 27.7 Å². The third kappa shape index (κ3) is 3.61. The number of ether oxygens (including phenoxy) is 1. The Hall–Kier alpha value is -0.750. The largest absolute Gasteiger partial charge is 0.495 e. The molecule has 1 aromatic rings. The topological polar surface area (TPSA) is 29.5 Å². The van der Waals surface area contributed by atoms with E-state index in [1.807, 2.05) is 0 Å². The van der Waals surface area contributed by atoms with Crippen LogP contribution in [0.4, 0.5) is 13.2 Å². The minimum Gasteiger partial charge on any atom is -0.495 e. The first-order chi connectivity index (χ1) is 7.75. The summed E-state index contributed by atoms with van der Waals surface area (Å²) in [5, 5.41) is 9.26. The molecule has 0 aliphatic carbocycles.